The Kier molecular flexibility index (Phi) is 5.13. The van der Waals surface area contributed by atoms with Crippen molar-refractivity contribution < 1.29 is 9.47 Å². The fraction of sp³-hybridized carbons (Fsp3) is 0.250. The molecule has 106 valence electrons. The van der Waals surface area contributed by atoms with Crippen LogP contribution in [-0.2, 0) is 0 Å². The summed E-state index contributed by atoms with van der Waals surface area (Å²) in [6.07, 6.45) is 0.777. The molecule has 20 heavy (non-hydrogen) atoms. The third-order valence-corrected chi connectivity index (χ3v) is 3.16. The maximum atomic E-state index is 6.00. The van der Waals surface area contributed by atoms with Gasteiger partial charge in [0.1, 0.15) is 11.5 Å². The lowest BCUT2D eigenvalue weighted by Gasteiger charge is -2.11. The molecule has 3 nitrogen and oxygen atoms in total. The van der Waals surface area contributed by atoms with Crippen molar-refractivity contribution in [2.75, 3.05) is 18.9 Å². The minimum atomic E-state index is 0.561. The van der Waals surface area contributed by atoms with E-state index in [0.717, 1.165) is 17.7 Å². The number of hydrogen-bond acceptors (Lipinski definition) is 3. The molecule has 2 rings (SSSR count). The summed E-state index contributed by atoms with van der Waals surface area (Å²) in [5.41, 5.74) is 7.51. The van der Waals surface area contributed by atoms with Gasteiger partial charge in [-0.1, -0.05) is 29.8 Å². The van der Waals surface area contributed by atoms with Crippen molar-refractivity contribution in [1.29, 1.82) is 0 Å². The molecule has 0 aliphatic rings. The van der Waals surface area contributed by atoms with Crippen LogP contribution in [0, 0.1) is 6.92 Å². The largest absolute Gasteiger partial charge is 0.493 e. The zero-order valence-corrected chi connectivity index (χ0v) is 12.2. The second-order valence-corrected chi connectivity index (χ2v) is 4.91. The number of aryl methyl sites for hydroxylation is 1. The maximum absolute atomic E-state index is 6.00. The Morgan fingerprint density at radius 1 is 1.00 bits per heavy atom. The summed E-state index contributed by atoms with van der Waals surface area (Å²) in [5, 5.41) is 0.625. The number of halogens is 1. The Labute approximate surface area is 124 Å². The molecule has 0 fully saturated rings. The van der Waals surface area contributed by atoms with Crippen molar-refractivity contribution in [3.63, 3.8) is 0 Å². The molecule has 0 saturated carbocycles. The summed E-state index contributed by atoms with van der Waals surface area (Å²) < 4.78 is 11.3. The van der Waals surface area contributed by atoms with Crippen LogP contribution in [0.3, 0.4) is 0 Å². The first-order chi connectivity index (χ1) is 9.66. The lowest BCUT2D eigenvalue weighted by atomic mass is 10.2. The molecule has 0 spiro atoms. The van der Waals surface area contributed by atoms with E-state index >= 15 is 0 Å². The minimum absolute atomic E-state index is 0.561. The maximum Gasteiger partial charge on any atom is 0.137 e. The molecule has 0 atom stereocenters. The topological polar surface area (TPSA) is 44.5 Å². The van der Waals surface area contributed by atoms with Crippen LogP contribution in [0.1, 0.15) is 12.0 Å². The Bertz CT molecular complexity index is 572. The van der Waals surface area contributed by atoms with Crippen LogP contribution in [0.25, 0.3) is 0 Å². The van der Waals surface area contributed by atoms with Gasteiger partial charge in [0, 0.05) is 18.2 Å². The van der Waals surface area contributed by atoms with Gasteiger partial charge in [-0.3, -0.25) is 0 Å². The van der Waals surface area contributed by atoms with Crippen LogP contribution in [-0.4, -0.2) is 13.2 Å². The fourth-order valence-electron chi connectivity index (χ4n) is 1.76. The van der Waals surface area contributed by atoms with E-state index < -0.39 is 0 Å². The number of nitrogens with two attached hydrogens (primary N) is 1. The van der Waals surface area contributed by atoms with E-state index in [0.29, 0.717) is 29.7 Å². The number of rotatable bonds is 6. The van der Waals surface area contributed by atoms with Gasteiger partial charge in [0.05, 0.1) is 18.2 Å². The summed E-state index contributed by atoms with van der Waals surface area (Å²) in [7, 11) is 0. The smallest absolute Gasteiger partial charge is 0.137 e. The van der Waals surface area contributed by atoms with E-state index in [9.17, 15) is 0 Å². The Balaban J connectivity index is 1.74. The van der Waals surface area contributed by atoms with Crippen molar-refractivity contribution >= 4 is 17.3 Å². The first-order valence-corrected chi connectivity index (χ1v) is 6.91. The highest BCUT2D eigenvalue weighted by atomic mass is 35.5. The van der Waals surface area contributed by atoms with Crippen LogP contribution in [0.2, 0.25) is 5.02 Å². The van der Waals surface area contributed by atoms with Gasteiger partial charge < -0.3 is 15.2 Å². The number of nitrogen functional groups attached to an aromatic ring is 1. The number of hydrogen-bond donors (Lipinski definition) is 1. The lowest BCUT2D eigenvalue weighted by molar-refractivity contribution is 0.247. The minimum Gasteiger partial charge on any atom is -0.493 e. The van der Waals surface area contributed by atoms with Crippen LogP contribution in [0.5, 0.6) is 11.5 Å². The van der Waals surface area contributed by atoms with E-state index in [-0.39, 0.29) is 0 Å². The molecule has 0 aliphatic carbocycles. The fourth-order valence-corrected chi connectivity index (χ4v) is 1.95. The molecular formula is C16H18ClNO2. The third-order valence-electron chi connectivity index (χ3n) is 2.85. The van der Waals surface area contributed by atoms with E-state index in [1.807, 2.05) is 49.4 Å². The second-order valence-electron chi connectivity index (χ2n) is 4.51. The first-order valence-electron chi connectivity index (χ1n) is 6.53. The second kappa shape index (κ2) is 7.06. The summed E-state index contributed by atoms with van der Waals surface area (Å²) in [6.45, 7) is 3.13. The normalized spacial score (nSPS) is 10.3. The molecule has 0 radical (unpaired) electrons. The zero-order chi connectivity index (χ0) is 14.4. The number of ether oxygens (including phenoxy) is 2. The molecule has 0 amide bonds. The van der Waals surface area contributed by atoms with Gasteiger partial charge in [0.25, 0.3) is 0 Å². The van der Waals surface area contributed by atoms with Crippen LogP contribution in [0.4, 0.5) is 5.69 Å². The molecular weight excluding hydrogens is 274 g/mol. The van der Waals surface area contributed by atoms with Crippen molar-refractivity contribution in [1.82, 2.24) is 0 Å². The molecule has 2 aromatic carbocycles. The summed E-state index contributed by atoms with van der Waals surface area (Å²) in [4.78, 5) is 0. The lowest BCUT2D eigenvalue weighted by Crippen LogP contribution is -2.06. The number of benzene rings is 2. The molecule has 4 heteroatoms. The van der Waals surface area contributed by atoms with Gasteiger partial charge in [-0.25, -0.2) is 0 Å². The first kappa shape index (κ1) is 14.5. The quantitative estimate of drug-likeness (QED) is 0.644. The van der Waals surface area contributed by atoms with Gasteiger partial charge in [0.15, 0.2) is 0 Å². The average Bonchev–Trinajstić information content (AvgIpc) is 2.44. The van der Waals surface area contributed by atoms with Gasteiger partial charge >= 0.3 is 0 Å². The Hall–Kier alpha value is -1.87. The third kappa shape index (κ3) is 4.07. The van der Waals surface area contributed by atoms with Gasteiger partial charge in [-0.15, -0.1) is 0 Å². The Morgan fingerprint density at radius 3 is 2.45 bits per heavy atom. The predicted molar refractivity (Wildman–Crippen MR) is 82.7 cm³/mol. The number of para-hydroxylation sites is 1. The standard InChI is InChI=1S/C16H18ClNO2/c1-12-7-8-13(18)11-16(12)20-10-4-9-19-15-6-3-2-5-14(15)17/h2-3,5-8,11H,4,9-10,18H2,1H3. The molecule has 2 aromatic rings. The summed E-state index contributed by atoms with van der Waals surface area (Å²) >= 11 is 6.00. The summed E-state index contributed by atoms with van der Waals surface area (Å²) in [5.74, 6) is 1.53. The van der Waals surface area contributed by atoms with Crippen LogP contribution in [0.15, 0.2) is 42.5 Å². The van der Waals surface area contributed by atoms with Gasteiger partial charge in [-0.05, 0) is 30.7 Å². The molecule has 0 saturated heterocycles. The molecule has 0 aromatic heterocycles. The molecule has 2 N–H and O–H groups in total. The van der Waals surface area contributed by atoms with Crippen molar-refractivity contribution in [3.8, 4) is 11.5 Å². The Morgan fingerprint density at radius 2 is 1.70 bits per heavy atom. The molecule has 0 aliphatic heterocycles. The summed E-state index contributed by atoms with van der Waals surface area (Å²) in [6, 6.07) is 13.1. The SMILES string of the molecule is Cc1ccc(N)cc1OCCCOc1ccccc1Cl. The highest BCUT2D eigenvalue weighted by Crippen LogP contribution is 2.23. The van der Waals surface area contributed by atoms with E-state index in [1.54, 1.807) is 0 Å². The molecule has 0 bridgehead atoms. The van der Waals surface area contributed by atoms with Crippen LogP contribution < -0.4 is 15.2 Å². The van der Waals surface area contributed by atoms with E-state index in [2.05, 4.69) is 0 Å². The number of anilines is 1. The van der Waals surface area contributed by atoms with Crippen molar-refractivity contribution in [2.45, 2.75) is 13.3 Å². The molecule has 0 unspecified atom stereocenters. The highest BCUT2D eigenvalue weighted by Gasteiger charge is 2.01. The monoisotopic (exact) mass is 291 g/mol. The zero-order valence-electron chi connectivity index (χ0n) is 11.4. The van der Waals surface area contributed by atoms with E-state index in [1.165, 1.54) is 0 Å². The predicted octanol–water partition coefficient (Wildman–Crippen LogP) is 4.08. The molecule has 0 heterocycles. The highest BCUT2D eigenvalue weighted by molar-refractivity contribution is 6.32. The van der Waals surface area contributed by atoms with Crippen LogP contribution >= 0.6 is 11.6 Å². The van der Waals surface area contributed by atoms with Crippen molar-refractivity contribution in [3.05, 3.63) is 53.1 Å². The van der Waals surface area contributed by atoms with Gasteiger partial charge in [0.2, 0.25) is 0 Å². The van der Waals surface area contributed by atoms with Gasteiger partial charge in [-0.2, -0.15) is 0 Å². The van der Waals surface area contributed by atoms with E-state index in [4.69, 9.17) is 26.8 Å². The van der Waals surface area contributed by atoms with Crippen molar-refractivity contribution in [2.24, 2.45) is 0 Å². The average molecular weight is 292 g/mol.